The molecule has 0 aliphatic heterocycles. The Labute approximate surface area is 450 Å². The maximum atomic E-state index is 9.89. The first-order chi connectivity index (χ1) is 38.4. The minimum atomic E-state index is -3.17. The van der Waals surface area contributed by atoms with Crippen molar-refractivity contribution >= 4 is 75.1 Å². The van der Waals surface area contributed by atoms with Crippen molar-refractivity contribution in [2.45, 2.75) is 0 Å². The van der Waals surface area contributed by atoms with E-state index in [1.165, 1.54) is 49.6 Å². The Bertz CT molecular complexity index is 2440. The van der Waals surface area contributed by atoms with Crippen LogP contribution in [0.25, 0.3) is 39.8 Å². The molecule has 0 atom stereocenters. The van der Waals surface area contributed by atoms with Crippen LogP contribution in [-0.2, 0) is 0 Å². The van der Waals surface area contributed by atoms with Crippen LogP contribution in [0, 0.1) is 43.1 Å². The normalized spacial score (nSPS) is 7.65. The molecule has 0 aliphatic rings. The molecule has 0 unspecified atom stereocenters. The van der Waals surface area contributed by atoms with Crippen molar-refractivity contribution < 1.29 is 57.5 Å². The fourth-order valence-corrected chi connectivity index (χ4v) is 3.30. The maximum absolute atomic E-state index is 9.89. The quantitative estimate of drug-likeness (QED) is 0.119. The van der Waals surface area contributed by atoms with Gasteiger partial charge in [0.15, 0.2) is 39.8 Å². The van der Waals surface area contributed by atoms with Gasteiger partial charge in [-0.05, 0) is 48.5 Å². The summed E-state index contributed by atoms with van der Waals surface area (Å²) in [5.74, 6) is 0. The first-order valence-electron chi connectivity index (χ1n) is 20.2. The van der Waals surface area contributed by atoms with Crippen molar-refractivity contribution in [1.82, 2.24) is 39.9 Å². The molecule has 8 aromatic heterocycles. The van der Waals surface area contributed by atoms with Gasteiger partial charge >= 0.3 is 45.5 Å². The van der Waals surface area contributed by atoms with Crippen molar-refractivity contribution in [2.75, 3.05) is 0 Å². The molecule has 0 aromatic carbocycles. The largest absolute Gasteiger partial charge is 0.867 e. The van der Waals surface area contributed by atoms with Crippen LogP contribution in [0.5, 0.6) is 0 Å². The zero-order valence-corrected chi connectivity index (χ0v) is 40.3. The number of rotatable bonds is 0. The molecule has 400 valence electrons. The first-order valence-corrected chi connectivity index (χ1v) is 20.2. The van der Waals surface area contributed by atoms with Crippen LogP contribution < -0.4 is 40.2 Å². The topological polar surface area (TPSA) is 513 Å². The summed E-state index contributed by atoms with van der Waals surface area (Å²) in [5.41, 5.74) is 3.83. The monoisotopic (exact) mass is 1100 g/mol. The van der Waals surface area contributed by atoms with E-state index in [4.69, 9.17) is 83.3 Å². The third kappa shape index (κ3) is 60.5. The predicted molar refractivity (Wildman–Crippen MR) is 259 cm³/mol. The summed E-state index contributed by atoms with van der Waals surface area (Å²) in [6.07, 6.45) is 24.7. The number of nitrogens with zero attached hydrogens (tertiary/aromatic N) is 24. The first kappa shape index (κ1) is 74.7. The van der Waals surface area contributed by atoms with Crippen LogP contribution in [0.3, 0.4) is 0 Å². The number of aromatic nitrogens is 8. The molecule has 8 aromatic rings. The fraction of sp³-hybridized carbons (Fsp3) is 0. The second-order valence-electron chi connectivity index (χ2n) is 11.6. The van der Waals surface area contributed by atoms with Crippen molar-refractivity contribution in [2.24, 2.45) is 0 Å². The molecule has 40 heteroatoms. The van der Waals surface area contributed by atoms with Crippen LogP contribution in [0.1, 0.15) is 0 Å². The Kier molecular flexibility index (Phi) is 52.8. The van der Waals surface area contributed by atoms with Crippen molar-refractivity contribution in [3.8, 4) is 0 Å². The summed E-state index contributed by atoms with van der Waals surface area (Å²) >= 11 is 0. The summed E-state index contributed by atoms with van der Waals surface area (Å²) in [4.78, 5) is 52.9. The summed E-state index contributed by atoms with van der Waals surface area (Å²) in [7, 11) is -12.7. The van der Waals surface area contributed by atoms with Crippen molar-refractivity contribution in [1.29, 1.82) is 43.1 Å². The highest BCUT2D eigenvalue weighted by Crippen LogP contribution is 2.09. The highest BCUT2D eigenvalue weighted by molar-refractivity contribution is 6.27. The summed E-state index contributed by atoms with van der Waals surface area (Å²) in [6, 6.07) is 26.9. The average molecular weight is 1100 g/mol. The van der Waals surface area contributed by atoms with Crippen molar-refractivity contribution in [3.63, 3.8) is 0 Å². The van der Waals surface area contributed by atoms with E-state index >= 15 is 0 Å². The lowest BCUT2D eigenvalue weighted by molar-refractivity contribution is -0.368. The van der Waals surface area contributed by atoms with Crippen LogP contribution in [0.2, 0.25) is 0 Å². The van der Waals surface area contributed by atoms with Gasteiger partial charge in [-0.25, -0.2) is 0 Å². The van der Waals surface area contributed by atoms with Crippen LogP contribution in [0.4, 0.5) is 62.8 Å². The van der Waals surface area contributed by atoms with Gasteiger partial charge in [0.05, 0.1) is 0 Å². The van der Waals surface area contributed by atoms with Gasteiger partial charge in [0.1, 0.15) is 79.2 Å². The van der Waals surface area contributed by atoms with Crippen LogP contribution in [0.15, 0.2) is 196 Å². The van der Waals surface area contributed by atoms with E-state index in [9.17, 15) is 17.3 Å². The van der Waals surface area contributed by atoms with Gasteiger partial charge < -0.3 is 57.5 Å². The van der Waals surface area contributed by atoms with E-state index in [-0.39, 0.29) is 0 Å². The summed E-state index contributed by atoms with van der Waals surface area (Å²) in [6.45, 7) is 0. The Morgan fingerprint density at radius 3 is 0.362 bits per heavy atom. The lowest BCUT2D eigenvalue weighted by atomic mass is 10.3. The summed E-state index contributed by atoms with van der Waals surface area (Å²) < 4.78 is 39.6. The molecular formula is C40H32B4F4N24O8. The molecular weight excluding hydrogens is 1060 g/mol. The third-order valence-electron chi connectivity index (χ3n) is 6.09. The Morgan fingerprint density at radius 2 is 0.325 bits per heavy atom. The SMILES string of the molecule is N#[N+]c1cccnc1.N#[N+]c1cccnc1.N#[N+]c1cccnc1.N#[N+]c1cccnc1.N#[N+]c1cccnc1.N#[N+]c1cccnc1.N#[N+]c1cccnc1.N#[N+]c1cccnc1.[O-]B([O-])F.[O-]B([O-])F.[O-]B([O-])F.[O-]B([O-])F. The van der Waals surface area contributed by atoms with E-state index in [1.54, 1.807) is 147 Å². The van der Waals surface area contributed by atoms with E-state index in [2.05, 4.69) is 79.7 Å². The Balaban J connectivity index is -0.000000398. The van der Waals surface area contributed by atoms with Crippen LogP contribution in [-0.4, -0.2) is 69.5 Å². The number of diazo groups is 8. The molecule has 0 saturated heterocycles. The molecule has 0 amide bonds. The van der Waals surface area contributed by atoms with Crippen LogP contribution >= 0.6 is 0 Å². The molecule has 0 aliphatic carbocycles. The smallest absolute Gasteiger partial charge is 0.403 e. The molecule has 0 bridgehead atoms. The predicted octanol–water partition coefficient (Wildman–Crippen LogP) is 3.18. The number of hydrogen-bond donors (Lipinski definition) is 0. The molecule has 0 N–H and O–H groups in total. The highest BCUT2D eigenvalue weighted by Gasteiger charge is 2.02. The Hall–Kier alpha value is -11.8. The molecule has 80 heavy (non-hydrogen) atoms. The minimum absolute atomic E-state index is 0.479. The van der Waals surface area contributed by atoms with E-state index in [1.807, 2.05) is 0 Å². The Morgan fingerprint density at radius 1 is 0.237 bits per heavy atom. The van der Waals surface area contributed by atoms with Gasteiger partial charge in [-0.1, -0.05) is 0 Å². The zero-order chi connectivity index (χ0) is 60.9. The summed E-state index contributed by atoms with van der Waals surface area (Å²) in [5, 5.41) is 131. The lowest BCUT2D eigenvalue weighted by Crippen LogP contribution is -2.39. The average Bonchev–Trinajstić information content (AvgIpc) is 3.49. The van der Waals surface area contributed by atoms with Crippen molar-refractivity contribution in [3.05, 3.63) is 236 Å². The van der Waals surface area contributed by atoms with E-state index < -0.39 is 29.6 Å². The lowest BCUT2D eigenvalue weighted by Gasteiger charge is -2.09. The molecule has 0 fully saturated rings. The molecule has 0 radical (unpaired) electrons. The van der Waals surface area contributed by atoms with E-state index in [0.29, 0.717) is 45.5 Å². The molecule has 0 saturated carbocycles. The second-order valence-corrected chi connectivity index (χ2v) is 11.6. The molecule has 8 rings (SSSR count). The fourth-order valence-electron chi connectivity index (χ4n) is 3.30. The third-order valence-corrected chi connectivity index (χ3v) is 6.09. The number of hydrogen-bond acceptors (Lipinski definition) is 24. The minimum Gasteiger partial charge on any atom is -0.867 e. The molecule has 0 spiro atoms. The van der Waals surface area contributed by atoms with Gasteiger partial charge in [0, 0.05) is 98.1 Å². The van der Waals surface area contributed by atoms with Gasteiger partial charge in [0.25, 0.3) is 0 Å². The van der Waals surface area contributed by atoms with E-state index in [0.717, 1.165) is 0 Å². The van der Waals surface area contributed by atoms with Gasteiger partial charge in [0.2, 0.25) is 43.1 Å². The standard InChI is InChI=1S/8C5H4N3.4BFO2/c8*6-8-5-2-1-3-7-4-5;4*2-1(3)4/h8*1-4H;;;;/q8*+1;4*-2. The molecule has 32 nitrogen and oxygen atoms in total. The molecule has 8 heterocycles. The zero-order valence-electron chi connectivity index (χ0n) is 40.3. The number of halogens is 4. The van der Waals surface area contributed by atoms with Gasteiger partial charge in [-0.15, -0.1) is 0 Å². The maximum Gasteiger partial charge on any atom is 0.403 e. The van der Waals surface area contributed by atoms with Gasteiger partial charge in [-0.3, -0.25) is 39.9 Å². The number of pyridine rings is 8. The highest BCUT2D eigenvalue weighted by atomic mass is 19.1. The van der Waals surface area contributed by atoms with Gasteiger partial charge in [-0.2, -0.15) is 0 Å². The second kappa shape index (κ2) is 56.5.